The number of pyridine rings is 3. The molecule has 0 saturated heterocycles. The molecule has 0 unspecified atom stereocenters. The largest absolute Gasteiger partial charge is 0.265 e. The summed E-state index contributed by atoms with van der Waals surface area (Å²) in [4.78, 5) is 30.4. The van der Waals surface area contributed by atoms with Crippen LogP contribution in [0.5, 0.6) is 0 Å². The highest BCUT2D eigenvalue weighted by Crippen LogP contribution is 2.50. The van der Waals surface area contributed by atoms with E-state index in [9.17, 15) is 0 Å². The van der Waals surface area contributed by atoms with Gasteiger partial charge in [-0.1, -0.05) is 127 Å². The molecule has 0 aliphatic carbocycles. The third kappa shape index (κ3) is 6.40. The monoisotopic (exact) mass is 772 g/mol. The minimum absolute atomic E-state index is 0.615. The zero-order valence-electron chi connectivity index (χ0n) is 31.6. The number of aromatic nitrogens is 6. The maximum atomic E-state index is 5.58. The molecule has 0 radical (unpaired) electrons. The van der Waals surface area contributed by atoms with Gasteiger partial charge in [0.2, 0.25) is 0 Å². The number of rotatable bonds is 7. The molecule has 276 valence electrons. The predicted molar refractivity (Wildman–Crippen MR) is 242 cm³/mol. The fourth-order valence-corrected chi connectivity index (χ4v) is 9.20. The lowest BCUT2D eigenvalue weighted by Gasteiger charge is -2.13. The van der Waals surface area contributed by atoms with E-state index in [0.717, 1.165) is 72.1 Å². The molecule has 0 saturated carbocycles. The summed E-state index contributed by atoms with van der Waals surface area (Å²) in [6, 6.07) is 58.7. The second kappa shape index (κ2) is 14.6. The zero-order chi connectivity index (χ0) is 39.1. The lowest BCUT2D eigenvalue weighted by atomic mass is 9.94. The van der Waals surface area contributed by atoms with Crippen molar-refractivity contribution >= 4 is 43.1 Å². The average Bonchev–Trinajstić information content (AvgIpc) is 3.73. The molecule has 11 aromatic rings. The van der Waals surface area contributed by atoms with E-state index in [4.69, 9.17) is 19.9 Å². The minimum atomic E-state index is 0.615. The summed E-state index contributed by atoms with van der Waals surface area (Å²) in [5.41, 5.74) is 11.2. The molecule has 0 amide bonds. The van der Waals surface area contributed by atoms with Gasteiger partial charge in [-0.3, -0.25) is 9.97 Å². The highest BCUT2D eigenvalue weighted by atomic mass is 32.1. The summed E-state index contributed by atoms with van der Waals surface area (Å²) < 4.78 is 1.18. The highest BCUT2D eigenvalue weighted by molar-refractivity contribution is 7.24. The fraction of sp³-hybridized carbons (Fsp3) is 0. The second-order valence-corrected chi connectivity index (χ2v) is 15.4. The maximum absolute atomic E-state index is 5.58. The number of thiophene rings is 1. The molecule has 0 aliphatic rings. The standard InChI is InChI=1S/C52H32N6S/c1-3-11-36(12-4-1)50-56-51(37-13-5-2-6-14-37)58-52(57-50)42-17-9-16-39(31-42)40-20-21-43-44(32-40)55-47(41-19-18-33-10-7-8-15-38(33)30-41)46-45(34-22-26-53-27-23-34)48(59-49(43)46)35-24-28-54-29-25-35/h1-32H. The number of fused-ring (bicyclic) bond motifs is 4. The summed E-state index contributed by atoms with van der Waals surface area (Å²) in [5, 5.41) is 4.59. The topological polar surface area (TPSA) is 77.3 Å². The molecule has 0 aliphatic heterocycles. The lowest BCUT2D eigenvalue weighted by Crippen LogP contribution is -2.00. The molecule has 6 nitrogen and oxygen atoms in total. The van der Waals surface area contributed by atoms with Crippen LogP contribution in [0.4, 0.5) is 0 Å². The van der Waals surface area contributed by atoms with Gasteiger partial charge in [-0.05, 0) is 75.5 Å². The van der Waals surface area contributed by atoms with Crippen molar-refractivity contribution in [3.63, 3.8) is 0 Å². The number of hydrogen-bond donors (Lipinski definition) is 0. The van der Waals surface area contributed by atoms with Crippen LogP contribution in [-0.4, -0.2) is 29.9 Å². The molecular formula is C52H32N6S. The Labute approximate surface area is 344 Å². The molecule has 59 heavy (non-hydrogen) atoms. The Morgan fingerprint density at radius 3 is 1.61 bits per heavy atom. The first-order chi connectivity index (χ1) is 29.2. The molecule has 0 atom stereocenters. The first-order valence-electron chi connectivity index (χ1n) is 19.4. The SMILES string of the molecule is c1ccc(-c2nc(-c3ccccc3)nc(-c3cccc(-c4ccc5c(c4)nc(-c4ccc6ccccc6c4)c4c(-c6ccncc6)c(-c6ccncc6)sc45)c3)n2)cc1. The van der Waals surface area contributed by atoms with Crippen molar-refractivity contribution in [2.24, 2.45) is 0 Å². The predicted octanol–water partition coefficient (Wildman–Crippen LogP) is 13.2. The molecular weight excluding hydrogens is 741 g/mol. The summed E-state index contributed by atoms with van der Waals surface area (Å²) in [6.07, 6.45) is 7.45. The summed E-state index contributed by atoms with van der Waals surface area (Å²) in [5.74, 6) is 1.88. The van der Waals surface area contributed by atoms with E-state index in [1.807, 2.05) is 85.5 Å². The molecule has 0 N–H and O–H groups in total. The van der Waals surface area contributed by atoms with E-state index in [0.29, 0.717) is 17.5 Å². The van der Waals surface area contributed by atoms with Crippen molar-refractivity contribution in [3.8, 4) is 78.1 Å². The molecule has 7 heteroatoms. The van der Waals surface area contributed by atoms with Crippen molar-refractivity contribution in [3.05, 3.63) is 195 Å². The summed E-state index contributed by atoms with van der Waals surface area (Å²) in [7, 11) is 0. The number of benzene rings is 6. The smallest absolute Gasteiger partial charge is 0.164 e. The zero-order valence-corrected chi connectivity index (χ0v) is 32.4. The molecule has 5 aromatic heterocycles. The summed E-state index contributed by atoms with van der Waals surface area (Å²) >= 11 is 1.80. The Bertz CT molecular complexity index is 3260. The van der Waals surface area contributed by atoms with E-state index in [-0.39, 0.29) is 0 Å². The van der Waals surface area contributed by atoms with Gasteiger partial charge in [-0.15, -0.1) is 11.3 Å². The van der Waals surface area contributed by atoms with E-state index in [1.54, 1.807) is 11.3 Å². The van der Waals surface area contributed by atoms with Gasteiger partial charge in [0.25, 0.3) is 0 Å². The van der Waals surface area contributed by atoms with Gasteiger partial charge in [-0.25, -0.2) is 19.9 Å². The molecule has 0 spiro atoms. The summed E-state index contributed by atoms with van der Waals surface area (Å²) in [6.45, 7) is 0. The van der Waals surface area contributed by atoms with Gasteiger partial charge in [0.05, 0.1) is 11.2 Å². The molecule has 0 bridgehead atoms. The van der Waals surface area contributed by atoms with Gasteiger partial charge in [0, 0.05) is 73.0 Å². The minimum Gasteiger partial charge on any atom is -0.265 e. The van der Waals surface area contributed by atoms with Crippen molar-refractivity contribution in [1.29, 1.82) is 0 Å². The van der Waals surface area contributed by atoms with Crippen LogP contribution in [0.1, 0.15) is 0 Å². The fourth-order valence-electron chi connectivity index (χ4n) is 7.84. The second-order valence-electron chi connectivity index (χ2n) is 14.4. The van der Waals surface area contributed by atoms with Gasteiger partial charge in [0.15, 0.2) is 17.5 Å². The first-order valence-corrected chi connectivity index (χ1v) is 20.2. The van der Waals surface area contributed by atoms with Gasteiger partial charge in [0.1, 0.15) is 0 Å². The third-order valence-electron chi connectivity index (χ3n) is 10.7. The molecule has 5 heterocycles. The average molecular weight is 773 g/mol. The van der Waals surface area contributed by atoms with Gasteiger partial charge < -0.3 is 0 Å². The van der Waals surface area contributed by atoms with Crippen LogP contribution >= 0.6 is 11.3 Å². The van der Waals surface area contributed by atoms with Gasteiger partial charge in [-0.2, -0.15) is 0 Å². The quantitative estimate of drug-likeness (QED) is 0.161. The van der Waals surface area contributed by atoms with E-state index >= 15 is 0 Å². The van der Waals surface area contributed by atoms with Crippen LogP contribution in [0.3, 0.4) is 0 Å². The molecule has 0 fully saturated rings. The van der Waals surface area contributed by atoms with Crippen molar-refractivity contribution < 1.29 is 0 Å². The number of nitrogens with zero attached hydrogens (tertiary/aromatic N) is 6. The Morgan fingerprint density at radius 2 is 0.915 bits per heavy atom. The van der Waals surface area contributed by atoms with Crippen LogP contribution in [0.25, 0.3) is 110 Å². The Hall–Kier alpha value is -7.74. The van der Waals surface area contributed by atoms with Crippen molar-refractivity contribution in [2.45, 2.75) is 0 Å². The van der Waals surface area contributed by atoms with Crippen LogP contribution in [0, 0.1) is 0 Å². The van der Waals surface area contributed by atoms with E-state index in [2.05, 4.69) is 119 Å². The van der Waals surface area contributed by atoms with Crippen LogP contribution in [0.15, 0.2) is 195 Å². The Balaban J connectivity index is 1.11. The van der Waals surface area contributed by atoms with Crippen LogP contribution < -0.4 is 0 Å². The van der Waals surface area contributed by atoms with Crippen LogP contribution in [-0.2, 0) is 0 Å². The molecule has 11 rings (SSSR count). The van der Waals surface area contributed by atoms with Crippen molar-refractivity contribution in [1.82, 2.24) is 29.9 Å². The first kappa shape index (κ1) is 34.5. The lowest BCUT2D eigenvalue weighted by molar-refractivity contribution is 1.07. The van der Waals surface area contributed by atoms with Crippen LogP contribution in [0.2, 0.25) is 0 Å². The van der Waals surface area contributed by atoms with E-state index < -0.39 is 0 Å². The third-order valence-corrected chi connectivity index (χ3v) is 12.0. The number of hydrogen-bond acceptors (Lipinski definition) is 7. The van der Waals surface area contributed by atoms with Crippen molar-refractivity contribution in [2.75, 3.05) is 0 Å². The highest BCUT2D eigenvalue weighted by Gasteiger charge is 2.23. The van der Waals surface area contributed by atoms with E-state index in [1.165, 1.54) is 20.3 Å². The Morgan fingerprint density at radius 1 is 0.356 bits per heavy atom. The normalized spacial score (nSPS) is 11.4. The van der Waals surface area contributed by atoms with Gasteiger partial charge >= 0.3 is 0 Å². The maximum Gasteiger partial charge on any atom is 0.164 e. The Kier molecular flexibility index (Phi) is 8.56. The molecule has 6 aromatic carbocycles.